The van der Waals surface area contributed by atoms with E-state index < -0.39 is 10.0 Å². The Bertz CT molecular complexity index is 620. The van der Waals surface area contributed by atoms with Crippen LogP contribution in [0, 0.1) is 0 Å². The van der Waals surface area contributed by atoms with E-state index in [4.69, 9.17) is 0 Å². The number of anilines is 1. The molecular weight excluding hydrogens is 292 g/mol. The molecule has 0 spiro atoms. The van der Waals surface area contributed by atoms with Crippen LogP contribution in [0.2, 0.25) is 0 Å². The molecule has 6 heteroatoms. The predicted octanol–water partition coefficient (Wildman–Crippen LogP) is 2.80. The van der Waals surface area contributed by atoms with E-state index >= 15 is 0 Å². The van der Waals surface area contributed by atoms with Gasteiger partial charge in [0.1, 0.15) is 0 Å². The molecule has 0 amide bonds. The van der Waals surface area contributed by atoms with Gasteiger partial charge in [-0.1, -0.05) is 31.2 Å². The van der Waals surface area contributed by atoms with Crippen LogP contribution in [0.3, 0.4) is 0 Å². The van der Waals surface area contributed by atoms with Crippen molar-refractivity contribution in [3.8, 4) is 0 Å². The minimum atomic E-state index is -3.35. The Balaban J connectivity index is 1.98. The van der Waals surface area contributed by atoms with Gasteiger partial charge in [0.15, 0.2) is 0 Å². The Hall–Kier alpha value is -1.37. The first-order valence-corrected chi connectivity index (χ1v) is 9.00. The average Bonchev–Trinajstić information content (AvgIpc) is 2.89. The Morgan fingerprint density at radius 1 is 1.10 bits per heavy atom. The van der Waals surface area contributed by atoms with Gasteiger partial charge < -0.3 is 5.32 Å². The summed E-state index contributed by atoms with van der Waals surface area (Å²) in [6, 6.07) is 9.39. The first-order chi connectivity index (χ1) is 9.59. The lowest BCUT2D eigenvalue weighted by molar-refractivity contribution is 0.600. The summed E-state index contributed by atoms with van der Waals surface area (Å²) in [6.45, 7) is 3.77. The number of sulfonamides is 1. The fourth-order valence-corrected chi connectivity index (χ4v) is 3.63. The van der Waals surface area contributed by atoms with E-state index in [1.165, 1.54) is 11.3 Å². The van der Waals surface area contributed by atoms with Crippen LogP contribution < -0.4 is 10.0 Å². The number of benzene rings is 1. The van der Waals surface area contributed by atoms with Gasteiger partial charge in [0, 0.05) is 11.9 Å². The van der Waals surface area contributed by atoms with Crippen LogP contribution in [-0.4, -0.2) is 15.0 Å². The number of nitrogens with one attached hydrogen (secondary N) is 2. The third kappa shape index (κ3) is 4.63. The Morgan fingerprint density at radius 2 is 1.80 bits per heavy atom. The average molecular weight is 310 g/mol. The Morgan fingerprint density at radius 3 is 2.40 bits per heavy atom. The molecule has 0 saturated carbocycles. The molecule has 2 N–H and O–H groups in total. The van der Waals surface area contributed by atoms with Crippen molar-refractivity contribution in [1.82, 2.24) is 5.32 Å². The SMILES string of the molecule is CCNCc1ccc(CS(=O)(=O)Nc2ccsc2)cc1. The lowest BCUT2D eigenvalue weighted by atomic mass is 10.1. The number of hydrogen-bond donors (Lipinski definition) is 2. The predicted molar refractivity (Wildman–Crippen MR) is 84.4 cm³/mol. The zero-order valence-corrected chi connectivity index (χ0v) is 12.9. The lowest BCUT2D eigenvalue weighted by Crippen LogP contribution is -2.15. The van der Waals surface area contributed by atoms with E-state index in [1.54, 1.807) is 11.4 Å². The van der Waals surface area contributed by atoms with Crippen LogP contribution in [0.1, 0.15) is 18.1 Å². The van der Waals surface area contributed by atoms with Gasteiger partial charge in [-0.25, -0.2) is 8.42 Å². The first-order valence-electron chi connectivity index (χ1n) is 6.40. The summed E-state index contributed by atoms with van der Waals surface area (Å²) in [4.78, 5) is 0. The largest absolute Gasteiger partial charge is 0.313 e. The summed E-state index contributed by atoms with van der Waals surface area (Å²) in [5, 5.41) is 6.85. The van der Waals surface area contributed by atoms with Gasteiger partial charge in [-0.2, -0.15) is 11.3 Å². The maximum atomic E-state index is 12.0. The highest BCUT2D eigenvalue weighted by molar-refractivity contribution is 7.91. The van der Waals surface area contributed by atoms with Crippen LogP contribution in [0.15, 0.2) is 41.1 Å². The number of thiophene rings is 1. The second-order valence-electron chi connectivity index (χ2n) is 4.47. The van der Waals surface area contributed by atoms with Gasteiger partial charge in [0.05, 0.1) is 11.4 Å². The fourth-order valence-electron chi connectivity index (χ4n) is 1.78. The van der Waals surface area contributed by atoms with Crippen molar-refractivity contribution in [1.29, 1.82) is 0 Å². The summed E-state index contributed by atoms with van der Waals surface area (Å²) < 4.78 is 26.6. The zero-order valence-electron chi connectivity index (χ0n) is 11.3. The molecule has 0 atom stereocenters. The van der Waals surface area contributed by atoms with E-state index in [0.717, 1.165) is 24.2 Å². The van der Waals surface area contributed by atoms with Gasteiger partial charge in [0.25, 0.3) is 0 Å². The molecule has 0 aliphatic rings. The summed E-state index contributed by atoms with van der Waals surface area (Å²) in [5.41, 5.74) is 2.56. The topological polar surface area (TPSA) is 58.2 Å². The maximum absolute atomic E-state index is 12.0. The van der Waals surface area contributed by atoms with Crippen LogP contribution >= 0.6 is 11.3 Å². The summed E-state index contributed by atoms with van der Waals surface area (Å²) in [6.07, 6.45) is 0. The summed E-state index contributed by atoms with van der Waals surface area (Å²) in [7, 11) is -3.35. The molecule has 0 fully saturated rings. The minimum absolute atomic E-state index is 0.00959. The zero-order chi connectivity index (χ0) is 14.4. The first kappa shape index (κ1) is 15.0. The standard InChI is InChI=1S/C14H18N2O2S2/c1-2-15-9-12-3-5-13(6-4-12)11-20(17,18)16-14-7-8-19-10-14/h3-8,10,15-16H,2,9,11H2,1H3. The van der Waals surface area contributed by atoms with Crippen LogP contribution in [0.5, 0.6) is 0 Å². The van der Waals surface area contributed by atoms with Crippen molar-refractivity contribution in [2.75, 3.05) is 11.3 Å². The van der Waals surface area contributed by atoms with Gasteiger partial charge in [0.2, 0.25) is 10.0 Å². The molecule has 1 aromatic heterocycles. The van der Waals surface area contributed by atoms with Crippen molar-refractivity contribution >= 4 is 27.0 Å². The number of rotatable bonds is 7. The second kappa shape index (κ2) is 6.88. The van der Waals surface area contributed by atoms with Crippen molar-refractivity contribution in [3.05, 3.63) is 52.2 Å². The molecule has 1 aromatic carbocycles. The normalized spacial score (nSPS) is 11.4. The molecule has 2 rings (SSSR count). The van der Waals surface area contributed by atoms with Gasteiger partial charge >= 0.3 is 0 Å². The Labute approximate surface area is 123 Å². The molecule has 0 radical (unpaired) electrons. The maximum Gasteiger partial charge on any atom is 0.236 e. The van der Waals surface area contributed by atoms with Gasteiger partial charge in [-0.05, 0) is 29.1 Å². The van der Waals surface area contributed by atoms with E-state index in [-0.39, 0.29) is 5.75 Å². The smallest absolute Gasteiger partial charge is 0.236 e. The highest BCUT2D eigenvalue weighted by Crippen LogP contribution is 2.16. The van der Waals surface area contributed by atoms with E-state index in [2.05, 4.69) is 17.0 Å². The lowest BCUT2D eigenvalue weighted by Gasteiger charge is -2.07. The van der Waals surface area contributed by atoms with Crippen LogP contribution in [-0.2, 0) is 22.3 Å². The molecular formula is C14H18N2O2S2. The minimum Gasteiger partial charge on any atom is -0.313 e. The molecule has 0 saturated heterocycles. The van der Waals surface area contributed by atoms with Crippen molar-refractivity contribution < 1.29 is 8.42 Å². The van der Waals surface area contributed by atoms with Crippen molar-refractivity contribution in [2.24, 2.45) is 0 Å². The molecule has 1 heterocycles. The Kier molecular flexibility index (Phi) is 5.17. The molecule has 4 nitrogen and oxygen atoms in total. The van der Waals surface area contributed by atoms with Crippen molar-refractivity contribution in [2.45, 2.75) is 19.2 Å². The molecule has 0 unspecified atom stereocenters. The third-order valence-electron chi connectivity index (χ3n) is 2.75. The van der Waals surface area contributed by atoms with Crippen LogP contribution in [0.4, 0.5) is 5.69 Å². The third-order valence-corrected chi connectivity index (χ3v) is 4.70. The highest BCUT2D eigenvalue weighted by Gasteiger charge is 2.11. The van der Waals surface area contributed by atoms with E-state index in [1.807, 2.05) is 29.6 Å². The van der Waals surface area contributed by atoms with Gasteiger partial charge in [-0.15, -0.1) is 0 Å². The van der Waals surface area contributed by atoms with E-state index in [9.17, 15) is 8.42 Å². The molecule has 0 aliphatic heterocycles. The van der Waals surface area contributed by atoms with Gasteiger partial charge in [-0.3, -0.25) is 4.72 Å². The molecule has 20 heavy (non-hydrogen) atoms. The fraction of sp³-hybridized carbons (Fsp3) is 0.286. The molecule has 0 aliphatic carbocycles. The van der Waals surface area contributed by atoms with E-state index in [0.29, 0.717) is 5.69 Å². The van der Waals surface area contributed by atoms with Crippen LogP contribution in [0.25, 0.3) is 0 Å². The summed E-state index contributed by atoms with van der Waals surface area (Å²) in [5.74, 6) is -0.00959. The molecule has 108 valence electrons. The molecule has 0 bridgehead atoms. The van der Waals surface area contributed by atoms with Crippen molar-refractivity contribution in [3.63, 3.8) is 0 Å². The quantitative estimate of drug-likeness (QED) is 0.827. The number of hydrogen-bond acceptors (Lipinski definition) is 4. The monoisotopic (exact) mass is 310 g/mol. The second-order valence-corrected chi connectivity index (χ2v) is 6.97. The summed E-state index contributed by atoms with van der Waals surface area (Å²) >= 11 is 1.46. The highest BCUT2D eigenvalue weighted by atomic mass is 32.2. The molecule has 2 aromatic rings.